The van der Waals surface area contributed by atoms with Crippen molar-refractivity contribution in [2.75, 3.05) is 93.8 Å². The van der Waals surface area contributed by atoms with Gasteiger partial charge in [0.1, 0.15) is 14.2 Å². The number of halogens is 8. The van der Waals surface area contributed by atoms with E-state index in [2.05, 4.69) is 27.9 Å². The van der Waals surface area contributed by atoms with E-state index in [4.69, 9.17) is 102 Å². The Morgan fingerprint density at radius 2 is 1.09 bits per heavy atom. The Labute approximate surface area is 636 Å². The van der Waals surface area contributed by atoms with Crippen LogP contribution in [0, 0.1) is 30.2 Å². The molecule has 5 amide bonds. The summed E-state index contributed by atoms with van der Waals surface area (Å²) in [4.78, 5) is 77.0. The van der Waals surface area contributed by atoms with E-state index in [1.165, 1.54) is 14.2 Å². The maximum absolute atomic E-state index is 13.1. The van der Waals surface area contributed by atoms with Crippen molar-refractivity contribution in [2.45, 2.75) is 148 Å². The molecule has 4 saturated heterocycles. The second-order valence-corrected chi connectivity index (χ2v) is 30.1. The fraction of sp³-hybridized carbons (Fsp3) is 0.507. The third-order valence-corrected chi connectivity index (χ3v) is 21.9. The van der Waals surface area contributed by atoms with Crippen LogP contribution in [-0.2, 0) is 24.1 Å². The lowest BCUT2D eigenvalue weighted by atomic mass is 9.90. The Morgan fingerprint density at radius 1 is 0.614 bits per heavy atom. The number of amides is 5. The molecule has 26 heteroatoms. The maximum atomic E-state index is 13.1. The summed E-state index contributed by atoms with van der Waals surface area (Å²) in [5.74, 6) is -0.204. The number of aryl methyl sites for hydroxylation is 2. The van der Waals surface area contributed by atoms with Crippen LogP contribution in [0.25, 0.3) is 0 Å². The summed E-state index contributed by atoms with van der Waals surface area (Å²) < 4.78 is -0.235. The molecule has 0 aromatic heterocycles. The number of rotatable bonds is 22. The van der Waals surface area contributed by atoms with Crippen LogP contribution in [0.4, 0.5) is 0 Å². The molecule has 9 rings (SSSR count). The van der Waals surface area contributed by atoms with Gasteiger partial charge in [-0.3, -0.25) is 24.0 Å². The number of nitrogens with one attached hydrogen (secondary N) is 2. The van der Waals surface area contributed by atoms with Crippen molar-refractivity contribution < 1.29 is 42.9 Å². The molecule has 18 nitrogen and oxygen atoms in total. The monoisotopic (exact) mass is 1550 g/mol. The SMILES string of the molecule is CC(CC[N+]1([O-])CCC(N2CCCCC2=O)CC1)c1ccc(Cl)c(Cl)c1.CCC[N+]1([O-])CCC(N2CCCC(CC(=O)NC)C2=O)CC1.CO/N=C(/CN(C)C(=O)c1cc(C)cc(Cl)c1)C(C)c1ccc(Cl)c(Cl)c1.CO/N=C(/CNC(=O)c1cc(C)cc(Cl)c1)C(C)c1ccc(Cl)c(Cl)c1. The van der Waals surface area contributed by atoms with Gasteiger partial charge in [0, 0.05) is 123 Å². The van der Waals surface area contributed by atoms with Crippen LogP contribution in [-0.4, -0.2) is 171 Å². The molecule has 0 radical (unpaired) electrons. The standard InChI is InChI=1S/C20H21Cl3N2O2.C20H28Cl2N2O2.C19H19Cl3N2O2.C16H29N3O3/c1-12-7-15(9-16(21)8-12)20(26)25(3)11-19(24-27-4)13(2)14-5-6-17(22)18(23)10-14;1-15(16-5-6-18(21)19(22)14-16)7-11-24(26)12-8-17(9-13-24)23-10-3-2-4-20(23)25;1-11-6-14(8-15(20)7-11)19(25)23-10-18(24-26-3)12(2)13-4-5-16(21)17(22)9-13;1-3-9-19(22)10-6-14(7-11-19)18-8-4-5-13(16(18)21)12-15(20)17-2/h5-10,13H,11H2,1-4H3;5-6,14-15,17H,2-4,7-13H2,1H3;4-9,12H,10H2,1-3H3,(H,23,25);13-14H,3-12H2,1-2H3,(H,17,20)/b24-19-;;24-18-;. The number of piperidine rings is 4. The van der Waals surface area contributed by atoms with E-state index in [0.717, 1.165) is 105 Å². The summed E-state index contributed by atoms with van der Waals surface area (Å²) in [6.45, 7) is 17.8. The molecule has 5 aromatic rings. The molecule has 0 spiro atoms. The first-order chi connectivity index (χ1) is 47.9. The van der Waals surface area contributed by atoms with E-state index >= 15 is 0 Å². The molecule has 4 atom stereocenters. The summed E-state index contributed by atoms with van der Waals surface area (Å²) in [6, 6.07) is 27.4. The minimum atomic E-state index is -0.235. The lowest BCUT2D eigenvalue weighted by molar-refractivity contribution is -0.886. The summed E-state index contributed by atoms with van der Waals surface area (Å²) in [5.41, 5.74) is 7.17. The molecule has 0 bridgehead atoms. The van der Waals surface area contributed by atoms with Gasteiger partial charge >= 0.3 is 0 Å². The van der Waals surface area contributed by atoms with Gasteiger partial charge in [0.15, 0.2) is 0 Å². The molecular weight excluding hydrogens is 1450 g/mol. The Bertz CT molecular complexity index is 3640. The molecule has 4 aliphatic heterocycles. The summed E-state index contributed by atoms with van der Waals surface area (Å²) >= 11 is 48.4. The highest BCUT2D eigenvalue weighted by Gasteiger charge is 2.38. The molecule has 5 aromatic carbocycles. The van der Waals surface area contributed by atoms with Crippen molar-refractivity contribution in [3.05, 3.63) is 181 Å². The van der Waals surface area contributed by atoms with E-state index in [0.29, 0.717) is 115 Å². The predicted molar refractivity (Wildman–Crippen MR) is 411 cm³/mol. The zero-order valence-corrected chi connectivity index (χ0v) is 65.6. The Balaban J connectivity index is 0.000000212. The number of carbonyl (C=O) groups is 5. The lowest BCUT2D eigenvalue weighted by Gasteiger charge is -2.50. The van der Waals surface area contributed by atoms with Crippen molar-refractivity contribution >= 4 is 134 Å². The molecule has 4 aliphatic rings. The van der Waals surface area contributed by atoms with E-state index in [1.54, 1.807) is 73.6 Å². The van der Waals surface area contributed by atoms with E-state index in [9.17, 15) is 34.4 Å². The third-order valence-electron chi connectivity index (χ3n) is 19.2. The second kappa shape index (κ2) is 40.7. The van der Waals surface area contributed by atoms with Gasteiger partial charge in [-0.2, -0.15) is 0 Å². The normalized spacial score (nSPS) is 21.0. The highest BCUT2D eigenvalue weighted by Crippen LogP contribution is 2.34. The van der Waals surface area contributed by atoms with Gasteiger partial charge in [0.05, 0.1) is 93.9 Å². The van der Waals surface area contributed by atoms with Gasteiger partial charge in [-0.1, -0.05) is 149 Å². The molecule has 2 N–H and O–H groups in total. The van der Waals surface area contributed by atoms with Crippen LogP contribution in [0.15, 0.2) is 101 Å². The molecule has 0 aliphatic carbocycles. The van der Waals surface area contributed by atoms with Crippen LogP contribution >= 0.6 is 92.8 Å². The summed E-state index contributed by atoms with van der Waals surface area (Å²) in [7, 11) is 6.26. The lowest BCUT2D eigenvalue weighted by Crippen LogP contribution is -2.56. The largest absolute Gasteiger partial charge is 0.633 e. The number of likely N-dealkylation sites (tertiary alicyclic amines) is 4. The predicted octanol–water partition coefficient (Wildman–Crippen LogP) is 17.5. The molecule has 0 saturated carbocycles. The number of nitrogens with zero attached hydrogens (tertiary/aromatic N) is 7. The fourth-order valence-electron chi connectivity index (χ4n) is 13.2. The van der Waals surface area contributed by atoms with Gasteiger partial charge in [0.2, 0.25) is 17.7 Å². The van der Waals surface area contributed by atoms with Crippen LogP contribution in [0.5, 0.6) is 0 Å². The van der Waals surface area contributed by atoms with Gasteiger partial charge in [-0.25, -0.2) is 0 Å². The zero-order valence-electron chi connectivity index (χ0n) is 59.5. The maximum Gasteiger partial charge on any atom is 0.253 e. The molecule has 4 unspecified atom stereocenters. The van der Waals surface area contributed by atoms with E-state index < -0.39 is 0 Å². The van der Waals surface area contributed by atoms with Gasteiger partial charge in [-0.05, 0) is 152 Å². The number of benzene rings is 5. The fourth-order valence-corrected chi connectivity index (χ4v) is 14.7. The number of quaternary nitrogens is 2. The van der Waals surface area contributed by atoms with Crippen LogP contribution in [0.2, 0.25) is 40.2 Å². The minimum absolute atomic E-state index is 0.0676. The average molecular weight is 1550 g/mol. The first kappa shape index (κ1) is 84.5. The summed E-state index contributed by atoms with van der Waals surface area (Å²) in [6.07, 6.45) is 9.81. The highest BCUT2D eigenvalue weighted by atomic mass is 35.5. The zero-order chi connectivity index (χ0) is 74.3. The van der Waals surface area contributed by atoms with Crippen molar-refractivity contribution in [3.8, 4) is 0 Å². The molecule has 4 heterocycles. The number of oxime groups is 2. The first-order valence-corrected chi connectivity index (χ1v) is 37.5. The average Bonchev–Trinajstić information content (AvgIpc) is 0.821. The quantitative estimate of drug-likeness (QED) is 0.0292. The first-order valence-electron chi connectivity index (χ1n) is 34.5. The van der Waals surface area contributed by atoms with Crippen LogP contribution < -0.4 is 10.6 Å². The van der Waals surface area contributed by atoms with Crippen LogP contribution in [0.1, 0.15) is 171 Å². The number of hydrogen-bond acceptors (Lipinski definition) is 11. The van der Waals surface area contributed by atoms with Crippen molar-refractivity contribution in [1.29, 1.82) is 0 Å². The molecule has 552 valence electrons. The molecule has 4 fully saturated rings. The van der Waals surface area contributed by atoms with Gasteiger partial charge < -0.3 is 54.7 Å². The Morgan fingerprint density at radius 3 is 1.59 bits per heavy atom. The highest BCUT2D eigenvalue weighted by molar-refractivity contribution is 6.43. The van der Waals surface area contributed by atoms with Crippen molar-refractivity contribution in [1.82, 2.24) is 25.3 Å². The Hall–Kier alpha value is -5.45. The smallest absolute Gasteiger partial charge is 0.253 e. The molecule has 101 heavy (non-hydrogen) atoms. The Kier molecular flexibility index (Phi) is 34.1. The van der Waals surface area contributed by atoms with Crippen molar-refractivity contribution in [2.24, 2.45) is 16.2 Å². The number of hydroxylamine groups is 6. The number of hydrogen-bond donors (Lipinski definition) is 2. The third kappa shape index (κ3) is 25.7. The second-order valence-electron chi connectivity index (χ2n) is 26.8. The van der Waals surface area contributed by atoms with E-state index in [1.807, 2.05) is 80.8 Å². The van der Waals surface area contributed by atoms with Gasteiger partial charge in [0.25, 0.3) is 11.8 Å². The minimum Gasteiger partial charge on any atom is -0.633 e. The summed E-state index contributed by atoms with van der Waals surface area (Å²) in [5, 5.41) is 43.2. The number of carbonyl (C=O) groups excluding carboxylic acids is 5. The van der Waals surface area contributed by atoms with Gasteiger partial charge in [-0.15, -0.1) is 0 Å². The molecular formula is C75H97Cl8N9O9. The topological polar surface area (TPSA) is 208 Å². The van der Waals surface area contributed by atoms with Crippen molar-refractivity contribution in [3.63, 3.8) is 0 Å². The van der Waals surface area contributed by atoms with E-state index in [-0.39, 0.29) is 87.5 Å². The van der Waals surface area contributed by atoms with Crippen LogP contribution in [0.3, 0.4) is 0 Å².